The van der Waals surface area contributed by atoms with Gasteiger partial charge in [0.1, 0.15) is 23.0 Å². The van der Waals surface area contributed by atoms with Crippen molar-refractivity contribution in [1.29, 1.82) is 0 Å². The number of thiazole rings is 1. The van der Waals surface area contributed by atoms with Gasteiger partial charge < -0.3 is 9.64 Å². The van der Waals surface area contributed by atoms with Gasteiger partial charge in [0.15, 0.2) is 0 Å². The Morgan fingerprint density at radius 2 is 1.86 bits per heavy atom. The molecule has 0 bridgehead atoms. The van der Waals surface area contributed by atoms with E-state index in [2.05, 4.69) is 13.7 Å². The molecule has 1 aliphatic rings. The zero-order valence-corrected chi connectivity index (χ0v) is 16.3. The fourth-order valence-electron chi connectivity index (χ4n) is 3.34. The predicted octanol–water partition coefficient (Wildman–Crippen LogP) is 4.12. The van der Waals surface area contributed by atoms with Gasteiger partial charge >= 0.3 is 0 Å². The highest BCUT2D eigenvalue weighted by Gasteiger charge is 2.25. The maximum Gasteiger partial charge on any atom is 0.274 e. The Balaban J connectivity index is 1.23. The molecule has 1 aliphatic heterocycles. The van der Waals surface area contributed by atoms with Crippen molar-refractivity contribution in [2.45, 2.75) is 18.9 Å². The summed E-state index contributed by atoms with van der Waals surface area (Å²) in [7, 11) is 0. The van der Waals surface area contributed by atoms with Crippen LogP contribution in [0, 0.1) is 5.82 Å². The normalized spacial score (nSPS) is 15.4. The van der Waals surface area contributed by atoms with E-state index < -0.39 is 0 Å². The molecular formula is C19H15FN4O2S2. The van der Waals surface area contributed by atoms with Crippen molar-refractivity contribution in [3.05, 3.63) is 47.8 Å². The minimum Gasteiger partial charge on any atom is -0.467 e. The summed E-state index contributed by atoms with van der Waals surface area (Å²) >= 11 is 2.49. The molecule has 6 nitrogen and oxygen atoms in total. The quantitative estimate of drug-likeness (QED) is 0.504. The summed E-state index contributed by atoms with van der Waals surface area (Å²) < 4.78 is 28.5. The standard InChI is InChI=1S/C19H15FN4O2S2/c20-12-2-4-15-17(10-12)27-19(21-15)26-13-5-7-24(8-6-13)18(25)11-1-3-14-16(9-11)23-28-22-14/h1-4,9-10,13H,5-8H2. The van der Waals surface area contributed by atoms with E-state index in [0.717, 1.165) is 45.8 Å². The van der Waals surface area contributed by atoms with Crippen LogP contribution < -0.4 is 4.74 Å². The lowest BCUT2D eigenvalue weighted by molar-refractivity contribution is 0.0595. The minimum atomic E-state index is -0.277. The average Bonchev–Trinajstić information content (AvgIpc) is 3.33. The Kier molecular flexibility index (Phi) is 4.40. The summed E-state index contributed by atoms with van der Waals surface area (Å²) in [6, 6.07) is 9.95. The van der Waals surface area contributed by atoms with Gasteiger partial charge in [-0.25, -0.2) is 9.37 Å². The topological polar surface area (TPSA) is 68.2 Å². The number of piperidine rings is 1. The highest BCUT2D eigenvalue weighted by Crippen LogP contribution is 2.30. The van der Waals surface area contributed by atoms with Crippen LogP contribution in [0.4, 0.5) is 4.39 Å². The van der Waals surface area contributed by atoms with Gasteiger partial charge in [0.25, 0.3) is 11.1 Å². The van der Waals surface area contributed by atoms with E-state index >= 15 is 0 Å². The Morgan fingerprint density at radius 3 is 2.71 bits per heavy atom. The summed E-state index contributed by atoms with van der Waals surface area (Å²) in [5.41, 5.74) is 2.93. The van der Waals surface area contributed by atoms with Crippen molar-refractivity contribution in [1.82, 2.24) is 18.6 Å². The van der Waals surface area contributed by atoms with Gasteiger partial charge in [-0.05, 0) is 36.4 Å². The highest BCUT2D eigenvalue weighted by atomic mass is 32.1. The second-order valence-electron chi connectivity index (χ2n) is 6.67. The molecule has 0 atom stereocenters. The van der Waals surface area contributed by atoms with Crippen LogP contribution in [0.2, 0.25) is 0 Å². The smallest absolute Gasteiger partial charge is 0.274 e. The minimum absolute atomic E-state index is 0.000297. The molecule has 1 amide bonds. The molecule has 0 radical (unpaired) electrons. The third-order valence-electron chi connectivity index (χ3n) is 4.83. The van der Waals surface area contributed by atoms with E-state index in [-0.39, 0.29) is 17.8 Å². The molecule has 3 heterocycles. The maximum atomic E-state index is 13.3. The lowest BCUT2D eigenvalue weighted by atomic mass is 10.1. The number of hydrogen-bond donors (Lipinski definition) is 0. The van der Waals surface area contributed by atoms with Crippen LogP contribution in [-0.4, -0.2) is 43.7 Å². The highest BCUT2D eigenvalue weighted by molar-refractivity contribution is 7.20. The molecule has 0 aliphatic carbocycles. The summed E-state index contributed by atoms with van der Waals surface area (Å²) in [5, 5.41) is 0.548. The molecule has 2 aromatic carbocycles. The molecule has 0 saturated carbocycles. The van der Waals surface area contributed by atoms with Crippen molar-refractivity contribution in [3.63, 3.8) is 0 Å². The number of carbonyl (C=O) groups is 1. The van der Waals surface area contributed by atoms with Crippen LogP contribution in [0.5, 0.6) is 5.19 Å². The number of ether oxygens (including phenoxy) is 1. The van der Waals surface area contributed by atoms with Crippen molar-refractivity contribution >= 4 is 50.2 Å². The lowest BCUT2D eigenvalue weighted by Gasteiger charge is -2.31. The van der Waals surface area contributed by atoms with Crippen LogP contribution in [0.1, 0.15) is 23.2 Å². The van der Waals surface area contributed by atoms with Gasteiger partial charge in [-0.15, -0.1) is 0 Å². The molecule has 4 aromatic rings. The molecule has 5 rings (SSSR count). The van der Waals surface area contributed by atoms with Crippen LogP contribution in [0.15, 0.2) is 36.4 Å². The first-order chi connectivity index (χ1) is 13.7. The predicted molar refractivity (Wildman–Crippen MR) is 107 cm³/mol. The van der Waals surface area contributed by atoms with Gasteiger partial charge in [-0.3, -0.25) is 4.79 Å². The zero-order chi connectivity index (χ0) is 19.1. The molecule has 1 fully saturated rings. The van der Waals surface area contributed by atoms with Gasteiger partial charge in [-0.1, -0.05) is 11.3 Å². The summed E-state index contributed by atoms with van der Waals surface area (Å²) in [4.78, 5) is 19.0. The Bertz CT molecular complexity index is 1170. The average molecular weight is 414 g/mol. The first-order valence-corrected chi connectivity index (χ1v) is 10.4. The summed E-state index contributed by atoms with van der Waals surface area (Å²) in [6.07, 6.45) is 1.47. The Labute approximate surface area is 167 Å². The second-order valence-corrected chi connectivity index (χ2v) is 8.19. The van der Waals surface area contributed by atoms with Gasteiger partial charge in [-0.2, -0.15) is 8.75 Å². The van der Waals surface area contributed by atoms with E-state index in [0.29, 0.717) is 23.8 Å². The maximum absolute atomic E-state index is 13.3. The van der Waals surface area contributed by atoms with Crippen LogP contribution in [0.25, 0.3) is 21.3 Å². The lowest BCUT2D eigenvalue weighted by Crippen LogP contribution is -2.41. The summed E-state index contributed by atoms with van der Waals surface area (Å²) in [6.45, 7) is 1.24. The second kappa shape index (κ2) is 7.06. The zero-order valence-electron chi connectivity index (χ0n) is 14.7. The molecule has 0 spiro atoms. The third kappa shape index (κ3) is 3.31. The van der Waals surface area contributed by atoms with Crippen LogP contribution >= 0.6 is 23.1 Å². The molecule has 1 saturated heterocycles. The number of benzene rings is 2. The van der Waals surface area contributed by atoms with Gasteiger partial charge in [0.2, 0.25) is 0 Å². The molecule has 0 N–H and O–H groups in total. The number of likely N-dealkylation sites (tertiary alicyclic amines) is 1. The molecule has 9 heteroatoms. The molecular weight excluding hydrogens is 399 g/mol. The first kappa shape index (κ1) is 17.4. The number of aromatic nitrogens is 3. The molecule has 28 heavy (non-hydrogen) atoms. The van der Waals surface area contributed by atoms with Gasteiger partial charge in [0.05, 0.1) is 21.9 Å². The van der Waals surface area contributed by atoms with E-state index in [1.807, 2.05) is 11.0 Å². The number of nitrogens with zero attached hydrogens (tertiary/aromatic N) is 4. The van der Waals surface area contributed by atoms with Crippen LogP contribution in [-0.2, 0) is 0 Å². The number of carbonyl (C=O) groups excluding carboxylic acids is 1. The van der Waals surface area contributed by atoms with E-state index in [1.54, 1.807) is 18.2 Å². The van der Waals surface area contributed by atoms with Crippen molar-refractivity contribution < 1.29 is 13.9 Å². The fraction of sp³-hybridized carbons (Fsp3) is 0.263. The number of rotatable bonds is 3. The van der Waals surface area contributed by atoms with E-state index in [1.165, 1.54) is 23.5 Å². The number of amides is 1. The largest absolute Gasteiger partial charge is 0.467 e. The van der Waals surface area contributed by atoms with Crippen molar-refractivity contribution in [3.8, 4) is 5.19 Å². The Hall–Kier alpha value is -2.65. The fourth-order valence-corrected chi connectivity index (χ4v) is 4.77. The molecule has 142 valence electrons. The monoisotopic (exact) mass is 414 g/mol. The van der Waals surface area contributed by atoms with E-state index in [4.69, 9.17) is 4.74 Å². The van der Waals surface area contributed by atoms with Gasteiger partial charge in [0, 0.05) is 31.5 Å². The first-order valence-electron chi connectivity index (χ1n) is 8.90. The number of hydrogen-bond acceptors (Lipinski definition) is 7. The SMILES string of the molecule is O=C(c1ccc2nsnc2c1)N1CCC(Oc2nc3ccc(F)cc3s2)CC1. The summed E-state index contributed by atoms with van der Waals surface area (Å²) in [5.74, 6) is -0.273. The molecule has 2 aromatic heterocycles. The van der Waals surface area contributed by atoms with Crippen LogP contribution in [0.3, 0.4) is 0 Å². The molecule has 0 unspecified atom stereocenters. The number of fused-ring (bicyclic) bond motifs is 2. The number of halogens is 1. The Morgan fingerprint density at radius 1 is 1.07 bits per heavy atom. The third-order valence-corrected chi connectivity index (χ3v) is 6.29. The van der Waals surface area contributed by atoms with Crippen molar-refractivity contribution in [2.24, 2.45) is 0 Å². The van der Waals surface area contributed by atoms with E-state index in [9.17, 15) is 9.18 Å². The van der Waals surface area contributed by atoms with Crippen molar-refractivity contribution in [2.75, 3.05) is 13.1 Å².